The van der Waals surface area contributed by atoms with E-state index in [1.807, 2.05) is 54.2 Å². The van der Waals surface area contributed by atoms with Gasteiger partial charge in [-0.3, -0.25) is 19.3 Å². The maximum atomic E-state index is 13.9. The second-order valence-electron chi connectivity index (χ2n) is 9.82. The number of likely N-dealkylation sites (tertiary alicyclic amines) is 1. The lowest BCUT2D eigenvalue weighted by Crippen LogP contribution is -2.60. The Morgan fingerprint density at radius 2 is 1.81 bits per heavy atom. The highest BCUT2D eigenvalue weighted by Crippen LogP contribution is 2.39. The Labute approximate surface area is 218 Å². The number of hydrogen-bond donors (Lipinski definition) is 1. The van der Waals surface area contributed by atoms with Gasteiger partial charge in [-0.2, -0.15) is 0 Å². The minimum Gasteiger partial charge on any atom is -0.497 e. The van der Waals surface area contributed by atoms with E-state index in [2.05, 4.69) is 5.32 Å². The first kappa shape index (κ1) is 26.6. The van der Waals surface area contributed by atoms with Crippen molar-refractivity contribution in [3.63, 3.8) is 0 Å². The number of likely N-dealkylation sites (N-methyl/N-ethyl adjacent to an activating group) is 1. The van der Waals surface area contributed by atoms with Crippen LogP contribution in [-0.4, -0.2) is 98.2 Å². The summed E-state index contributed by atoms with van der Waals surface area (Å²) in [4.78, 5) is 45.4. The largest absolute Gasteiger partial charge is 0.497 e. The number of benzene rings is 2. The SMILES string of the molecule is COc1cccc(C(=O)N2C(C(=O)NCCN(C)C)COC23CCN(C(=O)Cc2ccccc2)CC3)c1. The number of nitrogens with zero attached hydrogens (tertiary/aromatic N) is 3. The summed E-state index contributed by atoms with van der Waals surface area (Å²) in [5.41, 5.74) is 0.444. The van der Waals surface area contributed by atoms with Crippen molar-refractivity contribution in [1.82, 2.24) is 20.0 Å². The maximum Gasteiger partial charge on any atom is 0.257 e. The van der Waals surface area contributed by atoms with Crippen LogP contribution in [0.25, 0.3) is 0 Å². The van der Waals surface area contributed by atoms with E-state index in [1.165, 1.54) is 0 Å². The zero-order chi connectivity index (χ0) is 26.4. The fourth-order valence-corrected chi connectivity index (χ4v) is 4.97. The van der Waals surface area contributed by atoms with E-state index in [1.54, 1.807) is 36.3 Å². The van der Waals surface area contributed by atoms with Crippen LogP contribution in [0.4, 0.5) is 0 Å². The number of methoxy groups -OCH3 is 1. The molecule has 1 N–H and O–H groups in total. The maximum absolute atomic E-state index is 13.9. The van der Waals surface area contributed by atoms with Crippen molar-refractivity contribution in [1.29, 1.82) is 0 Å². The van der Waals surface area contributed by atoms with Crippen LogP contribution < -0.4 is 10.1 Å². The molecule has 1 atom stereocenters. The quantitative estimate of drug-likeness (QED) is 0.585. The molecule has 3 amide bonds. The summed E-state index contributed by atoms with van der Waals surface area (Å²) >= 11 is 0. The first-order valence-electron chi connectivity index (χ1n) is 12.7. The van der Waals surface area contributed by atoms with Gasteiger partial charge in [-0.05, 0) is 37.9 Å². The zero-order valence-electron chi connectivity index (χ0n) is 21.8. The minimum absolute atomic E-state index is 0.0442. The predicted molar refractivity (Wildman–Crippen MR) is 139 cm³/mol. The van der Waals surface area contributed by atoms with Gasteiger partial charge in [0, 0.05) is 44.6 Å². The molecule has 1 spiro atoms. The molecule has 37 heavy (non-hydrogen) atoms. The third-order valence-corrected chi connectivity index (χ3v) is 7.05. The first-order chi connectivity index (χ1) is 17.8. The van der Waals surface area contributed by atoms with Gasteiger partial charge in [0.1, 0.15) is 17.5 Å². The topological polar surface area (TPSA) is 91.4 Å². The molecule has 2 aliphatic rings. The van der Waals surface area contributed by atoms with Gasteiger partial charge in [-0.25, -0.2) is 0 Å². The number of rotatable bonds is 8. The van der Waals surface area contributed by atoms with Crippen LogP contribution in [0.15, 0.2) is 54.6 Å². The number of piperidine rings is 1. The van der Waals surface area contributed by atoms with Gasteiger partial charge in [-0.1, -0.05) is 36.4 Å². The molecule has 1 unspecified atom stereocenters. The molecule has 0 saturated carbocycles. The zero-order valence-corrected chi connectivity index (χ0v) is 21.8. The fraction of sp³-hybridized carbons (Fsp3) is 0.464. The Hall–Kier alpha value is -3.43. The van der Waals surface area contributed by atoms with Gasteiger partial charge >= 0.3 is 0 Å². The van der Waals surface area contributed by atoms with E-state index in [0.717, 1.165) is 5.56 Å². The van der Waals surface area contributed by atoms with Crippen molar-refractivity contribution in [2.75, 3.05) is 54.0 Å². The van der Waals surface area contributed by atoms with Crippen molar-refractivity contribution >= 4 is 17.7 Å². The smallest absolute Gasteiger partial charge is 0.257 e. The minimum atomic E-state index is -0.951. The third kappa shape index (κ3) is 6.11. The molecule has 9 heteroatoms. The summed E-state index contributed by atoms with van der Waals surface area (Å²) < 4.78 is 11.6. The number of amides is 3. The third-order valence-electron chi connectivity index (χ3n) is 7.05. The van der Waals surface area contributed by atoms with Crippen molar-refractivity contribution in [2.24, 2.45) is 0 Å². The molecule has 0 aromatic heterocycles. The summed E-state index contributed by atoms with van der Waals surface area (Å²) in [5.74, 6) is 0.0850. The van der Waals surface area contributed by atoms with Gasteiger partial charge < -0.3 is 24.6 Å². The lowest BCUT2D eigenvalue weighted by atomic mass is 9.96. The second kappa shape index (κ2) is 11.7. The standard InChI is InChI=1S/C28H36N4O5/c1-30(2)17-14-29-26(34)24-20-37-28(32(24)27(35)22-10-7-11-23(19-22)36-3)12-15-31(16-13-28)25(33)18-21-8-5-4-6-9-21/h4-11,19,24H,12-18,20H2,1-3H3,(H,29,34). The lowest BCUT2D eigenvalue weighted by Gasteiger charge is -2.44. The van der Waals surface area contributed by atoms with Gasteiger partial charge in [-0.15, -0.1) is 0 Å². The summed E-state index contributed by atoms with van der Waals surface area (Å²) in [6.45, 7) is 2.16. The number of carbonyl (C=O) groups is 3. The van der Waals surface area contributed by atoms with E-state index in [4.69, 9.17) is 9.47 Å². The Bertz CT molecular complexity index is 1100. The number of ether oxygens (including phenoxy) is 2. The Morgan fingerprint density at radius 1 is 1.08 bits per heavy atom. The molecule has 0 radical (unpaired) electrons. The number of carbonyl (C=O) groups excluding carboxylic acids is 3. The van der Waals surface area contributed by atoms with Crippen LogP contribution in [0.3, 0.4) is 0 Å². The molecule has 0 bridgehead atoms. The van der Waals surface area contributed by atoms with Crippen molar-refractivity contribution in [3.8, 4) is 5.75 Å². The van der Waals surface area contributed by atoms with E-state index in [0.29, 0.717) is 56.8 Å². The molecule has 0 aliphatic carbocycles. The number of nitrogens with one attached hydrogen (secondary N) is 1. The molecular weight excluding hydrogens is 472 g/mol. The summed E-state index contributed by atoms with van der Waals surface area (Å²) in [6, 6.07) is 15.8. The summed E-state index contributed by atoms with van der Waals surface area (Å²) in [7, 11) is 5.42. The van der Waals surface area contributed by atoms with Gasteiger partial charge in [0.2, 0.25) is 11.8 Å². The Morgan fingerprint density at radius 3 is 2.49 bits per heavy atom. The average molecular weight is 509 g/mol. The van der Waals surface area contributed by atoms with E-state index in [9.17, 15) is 14.4 Å². The van der Waals surface area contributed by atoms with Crippen LogP contribution in [0.5, 0.6) is 5.75 Å². The van der Waals surface area contributed by atoms with Crippen molar-refractivity contribution in [3.05, 3.63) is 65.7 Å². The molecule has 9 nitrogen and oxygen atoms in total. The van der Waals surface area contributed by atoms with Crippen molar-refractivity contribution < 1.29 is 23.9 Å². The van der Waals surface area contributed by atoms with Crippen LogP contribution in [0, 0.1) is 0 Å². The van der Waals surface area contributed by atoms with Gasteiger partial charge in [0.15, 0.2) is 0 Å². The highest BCUT2D eigenvalue weighted by molar-refractivity contribution is 5.98. The van der Waals surface area contributed by atoms with Crippen LogP contribution in [-0.2, 0) is 20.7 Å². The van der Waals surface area contributed by atoms with Crippen LogP contribution >= 0.6 is 0 Å². The van der Waals surface area contributed by atoms with Crippen molar-refractivity contribution in [2.45, 2.75) is 31.0 Å². The number of hydrogen-bond acceptors (Lipinski definition) is 6. The molecule has 2 saturated heterocycles. The monoisotopic (exact) mass is 508 g/mol. The van der Waals surface area contributed by atoms with Gasteiger partial charge in [0.05, 0.1) is 20.1 Å². The normalized spacial score (nSPS) is 18.8. The first-order valence-corrected chi connectivity index (χ1v) is 12.7. The molecule has 2 heterocycles. The molecule has 2 fully saturated rings. The Kier molecular flexibility index (Phi) is 8.45. The van der Waals surface area contributed by atoms with Crippen LogP contribution in [0.1, 0.15) is 28.8 Å². The predicted octanol–water partition coefficient (Wildman–Crippen LogP) is 1.78. The highest BCUT2D eigenvalue weighted by atomic mass is 16.5. The molecule has 198 valence electrons. The summed E-state index contributed by atoms with van der Waals surface area (Å²) in [5, 5.41) is 2.95. The Balaban J connectivity index is 1.52. The van der Waals surface area contributed by atoms with E-state index < -0.39 is 11.8 Å². The fourth-order valence-electron chi connectivity index (χ4n) is 4.97. The molecule has 2 aliphatic heterocycles. The highest BCUT2D eigenvalue weighted by Gasteiger charge is 2.54. The molecule has 2 aromatic rings. The van der Waals surface area contributed by atoms with Crippen LogP contribution in [0.2, 0.25) is 0 Å². The van der Waals surface area contributed by atoms with E-state index >= 15 is 0 Å². The molecule has 4 rings (SSSR count). The van der Waals surface area contributed by atoms with Gasteiger partial charge in [0.25, 0.3) is 5.91 Å². The average Bonchev–Trinajstić information content (AvgIpc) is 3.27. The molecular formula is C28H36N4O5. The second-order valence-corrected chi connectivity index (χ2v) is 9.82. The van der Waals surface area contributed by atoms with E-state index in [-0.39, 0.29) is 24.3 Å². The lowest BCUT2D eigenvalue weighted by molar-refractivity contribution is -0.143. The molecule has 2 aromatic carbocycles. The summed E-state index contributed by atoms with van der Waals surface area (Å²) in [6.07, 6.45) is 1.20.